The van der Waals surface area contributed by atoms with E-state index in [-0.39, 0.29) is 11.7 Å². The predicted octanol–water partition coefficient (Wildman–Crippen LogP) is 3.77. The fraction of sp³-hybridized carbons (Fsp3) is 0.333. The van der Waals surface area contributed by atoms with Crippen molar-refractivity contribution in [1.29, 1.82) is 5.26 Å². The van der Waals surface area contributed by atoms with Crippen LogP contribution in [-0.4, -0.2) is 49.8 Å². The van der Waals surface area contributed by atoms with E-state index in [0.717, 1.165) is 37.6 Å². The maximum absolute atomic E-state index is 9.50. The van der Waals surface area contributed by atoms with Crippen molar-refractivity contribution < 1.29 is 13.9 Å². The third-order valence-electron chi connectivity index (χ3n) is 4.88. The minimum absolute atomic E-state index is 0.181. The quantitative estimate of drug-likeness (QED) is 0.635. The first-order valence-electron chi connectivity index (χ1n) is 9.43. The van der Waals surface area contributed by atoms with Crippen molar-refractivity contribution in [3.8, 4) is 23.3 Å². The van der Waals surface area contributed by atoms with Gasteiger partial charge in [0.15, 0.2) is 0 Å². The van der Waals surface area contributed by atoms with E-state index in [2.05, 4.69) is 38.8 Å². The van der Waals surface area contributed by atoms with Gasteiger partial charge in [0.2, 0.25) is 17.5 Å². The number of rotatable bonds is 7. The lowest BCUT2D eigenvalue weighted by Crippen LogP contribution is -2.41. The molecule has 4 rings (SSSR count). The van der Waals surface area contributed by atoms with Gasteiger partial charge in [0, 0.05) is 30.1 Å². The van der Waals surface area contributed by atoms with Crippen LogP contribution >= 0.6 is 11.3 Å². The normalized spacial score (nSPS) is 15.6. The first-order chi connectivity index (χ1) is 14.3. The summed E-state index contributed by atoms with van der Waals surface area (Å²) in [5.74, 6) is 1.56. The van der Waals surface area contributed by atoms with E-state index in [1.54, 1.807) is 18.4 Å². The van der Waals surface area contributed by atoms with Crippen LogP contribution in [0.5, 0.6) is 5.75 Å². The van der Waals surface area contributed by atoms with E-state index in [4.69, 9.17) is 13.9 Å². The molecule has 0 radical (unpaired) electrons. The molecular weight excluding hydrogens is 388 g/mol. The van der Waals surface area contributed by atoms with E-state index >= 15 is 0 Å². The molecule has 8 heteroatoms. The zero-order valence-electron chi connectivity index (χ0n) is 16.1. The van der Waals surface area contributed by atoms with Gasteiger partial charge in [-0.2, -0.15) is 10.2 Å². The summed E-state index contributed by atoms with van der Waals surface area (Å²) in [6.45, 7) is 3.84. The fourth-order valence-electron chi connectivity index (χ4n) is 3.34. The molecule has 0 saturated carbocycles. The highest BCUT2D eigenvalue weighted by Crippen LogP contribution is 2.30. The van der Waals surface area contributed by atoms with Gasteiger partial charge >= 0.3 is 0 Å². The molecule has 150 valence electrons. The predicted molar refractivity (Wildman–Crippen MR) is 111 cm³/mol. The lowest BCUT2D eigenvalue weighted by molar-refractivity contribution is 0.0193. The zero-order chi connectivity index (χ0) is 20.1. The molecule has 3 heterocycles. The summed E-state index contributed by atoms with van der Waals surface area (Å²) in [6, 6.07) is 13.9. The Morgan fingerprint density at radius 3 is 2.72 bits per heavy atom. The zero-order valence-corrected chi connectivity index (χ0v) is 16.9. The monoisotopic (exact) mass is 410 g/mol. The topological polar surface area (TPSA) is 83.5 Å². The Balaban J connectivity index is 1.53. The SMILES string of the molecule is COc1ccc(-c2nc(C#N)c(NCC(c3cccs3)N3CCOCC3)o2)cc1. The Kier molecular flexibility index (Phi) is 6.10. The van der Waals surface area contributed by atoms with Gasteiger partial charge in [0.1, 0.15) is 11.8 Å². The van der Waals surface area contributed by atoms with Crippen molar-refractivity contribution >= 4 is 17.2 Å². The fourth-order valence-corrected chi connectivity index (χ4v) is 4.20. The van der Waals surface area contributed by atoms with E-state index < -0.39 is 0 Å². The minimum atomic E-state index is 0.181. The molecule has 29 heavy (non-hydrogen) atoms. The molecule has 7 nitrogen and oxygen atoms in total. The van der Waals surface area contributed by atoms with Crippen molar-refractivity contribution in [1.82, 2.24) is 9.88 Å². The molecule has 1 aromatic carbocycles. The lowest BCUT2D eigenvalue weighted by atomic mass is 10.2. The summed E-state index contributed by atoms with van der Waals surface area (Å²) in [5.41, 5.74) is 1.04. The number of hydrogen-bond donors (Lipinski definition) is 1. The number of aromatic nitrogens is 1. The van der Waals surface area contributed by atoms with Crippen molar-refractivity contribution in [3.05, 3.63) is 52.3 Å². The third-order valence-corrected chi connectivity index (χ3v) is 5.86. The van der Waals surface area contributed by atoms with Gasteiger partial charge in [-0.05, 0) is 35.7 Å². The van der Waals surface area contributed by atoms with E-state index in [1.807, 2.05) is 24.3 Å². The number of nitrogens with one attached hydrogen (secondary N) is 1. The van der Waals surface area contributed by atoms with E-state index in [0.29, 0.717) is 18.3 Å². The summed E-state index contributed by atoms with van der Waals surface area (Å²) in [6.07, 6.45) is 0. The van der Waals surface area contributed by atoms with E-state index in [1.165, 1.54) is 4.88 Å². The van der Waals surface area contributed by atoms with Crippen molar-refractivity contribution in [3.63, 3.8) is 0 Å². The van der Waals surface area contributed by atoms with Crippen LogP contribution in [-0.2, 0) is 4.74 Å². The molecule has 1 fully saturated rings. The molecule has 1 aliphatic rings. The molecule has 3 aromatic rings. The summed E-state index contributed by atoms with van der Waals surface area (Å²) in [4.78, 5) is 8.01. The van der Waals surface area contributed by atoms with Gasteiger partial charge in [0.25, 0.3) is 0 Å². The van der Waals surface area contributed by atoms with Crippen LogP contribution in [0.4, 0.5) is 5.88 Å². The summed E-state index contributed by atoms with van der Waals surface area (Å²) in [5, 5.41) is 14.9. The average Bonchev–Trinajstić information content (AvgIpc) is 3.45. The number of anilines is 1. The molecule has 1 atom stereocenters. The van der Waals surface area contributed by atoms with Crippen LogP contribution in [0.25, 0.3) is 11.5 Å². The second kappa shape index (κ2) is 9.09. The molecule has 0 bridgehead atoms. The van der Waals surface area contributed by atoms with Gasteiger partial charge < -0.3 is 19.2 Å². The Hall–Kier alpha value is -2.86. The second-order valence-electron chi connectivity index (χ2n) is 6.60. The Bertz CT molecular complexity index is 957. The van der Waals surface area contributed by atoms with Crippen molar-refractivity contribution in [2.45, 2.75) is 6.04 Å². The molecule has 0 spiro atoms. The Morgan fingerprint density at radius 2 is 2.07 bits per heavy atom. The molecule has 1 unspecified atom stereocenters. The number of hydrogen-bond acceptors (Lipinski definition) is 8. The standard InChI is InChI=1S/C21H22N4O3S/c1-26-16-6-4-15(5-7-16)20-24-17(13-22)21(28-20)23-14-18(19-3-2-12-29-19)25-8-10-27-11-9-25/h2-7,12,18,23H,8-11,14H2,1H3. The Morgan fingerprint density at radius 1 is 1.28 bits per heavy atom. The number of nitrogens with zero attached hydrogens (tertiary/aromatic N) is 3. The highest BCUT2D eigenvalue weighted by atomic mass is 32.1. The van der Waals surface area contributed by atoms with Crippen LogP contribution in [0, 0.1) is 11.3 Å². The summed E-state index contributed by atoms with van der Waals surface area (Å²) >= 11 is 1.73. The van der Waals surface area contributed by atoms with Crippen LogP contribution < -0.4 is 10.1 Å². The molecule has 1 N–H and O–H groups in total. The average molecular weight is 410 g/mol. The first-order valence-corrected chi connectivity index (χ1v) is 10.3. The number of methoxy groups -OCH3 is 1. The van der Waals surface area contributed by atoms with Crippen LogP contribution in [0.3, 0.4) is 0 Å². The van der Waals surface area contributed by atoms with Crippen LogP contribution in [0.1, 0.15) is 16.6 Å². The van der Waals surface area contributed by atoms with Gasteiger partial charge in [-0.1, -0.05) is 6.07 Å². The molecule has 0 amide bonds. The van der Waals surface area contributed by atoms with Gasteiger partial charge in [0.05, 0.1) is 26.4 Å². The maximum Gasteiger partial charge on any atom is 0.232 e. The summed E-state index contributed by atoms with van der Waals surface area (Å²) in [7, 11) is 1.62. The number of oxazole rings is 1. The van der Waals surface area contributed by atoms with Gasteiger partial charge in [-0.25, -0.2) is 0 Å². The van der Waals surface area contributed by atoms with Gasteiger partial charge in [-0.3, -0.25) is 4.90 Å². The number of thiophene rings is 1. The lowest BCUT2D eigenvalue weighted by Gasteiger charge is -2.34. The molecular formula is C21H22N4O3S. The number of benzene rings is 1. The number of nitriles is 1. The molecule has 1 saturated heterocycles. The summed E-state index contributed by atoms with van der Waals surface area (Å²) < 4.78 is 16.6. The smallest absolute Gasteiger partial charge is 0.232 e. The van der Waals surface area contributed by atoms with Gasteiger partial charge in [-0.15, -0.1) is 11.3 Å². The maximum atomic E-state index is 9.50. The van der Waals surface area contributed by atoms with Crippen molar-refractivity contribution in [2.24, 2.45) is 0 Å². The third kappa shape index (κ3) is 4.43. The highest BCUT2D eigenvalue weighted by molar-refractivity contribution is 7.10. The van der Waals surface area contributed by atoms with Crippen LogP contribution in [0.2, 0.25) is 0 Å². The van der Waals surface area contributed by atoms with Crippen molar-refractivity contribution in [2.75, 3.05) is 45.3 Å². The first kappa shape index (κ1) is 19.5. The minimum Gasteiger partial charge on any atom is -0.497 e. The molecule has 1 aliphatic heterocycles. The highest BCUT2D eigenvalue weighted by Gasteiger charge is 2.24. The van der Waals surface area contributed by atoms with E-state index in [9.17, 15) is 5.26 Å². The second-order valence-corrected chi connectivity index (χ2v) is 7.58. The number of ether oxygens (including phenoxy) is 2. The van der Waals surface area contributed by atoms with Crippen LogP contribution in [0.15, 0.2) is 46.2 Å². The number of morpholine rings is 1. The molecule has 0 aliphatic carbocycles. The molecule has 2 aromatic heterocycles. The Labute approximate surface area is 173 Å². The largest absolute Gasteiger partial charge is 0.497 e.